The van der Waals surface area contributed by atoms with E-state index in [1.165, 1.54) is 0 Å². The summed E-state index contributed by atoms with van der Waals surface area (Å²) in [4.78, 5) is 12.5. The Bertz CT molecular complexity index is 786. The zero-order valence-electron chi connectivity index (χ0n) is 16.4. The van der Waals surface area contributed by atoms with Crippen LogP contribution in [0.3, 0.4) is 0 Å². The van der Waals surface area contributed by atoms with Crippen molar-refractivity contribution in [3.8, 4) is 0 Å². The van der Waals surface area contributed by atoms with Gasteiger partial charge in [-0.15, -0.1) is 11.8 Å². The summed E-state index contributed by atoms with van der Waals surface area (Å²) in [5.74, 6) is 0.308. The van der Waals surface area contributed by atoms with Crippen LogP contribution in [0.25, 0.3) is 0 Å². The van der Waals surface area contributed by atoms with Crippen molar-refractivity contribution in [2.24, 2.45) is 0 Å². The van der Waals surface area contributed by atoms with Gasteiger partial charge in [0.05, 0.1) is 18.3 Å². The van der Waals surface area contributed by atoms with Crippen molar-refractivity contribution in [2.45, 2.75) is 50.3 Å². The molecule has 0 aliphatic carbocycles. The molecule has 3 rings (SSSR count). The predicted molar refractivity (Wildman–Crippen MR) is 114 cm³/mol. The highest BCUT2D eigenvalue weighted by molar-refractivity contribution is 7.99. The van der Waals surface area contributed by atoms with Crippen LogP contribution in [0.1, 0.15) is 29.8 Å². The Morgan fingerprint density at radius 3 is 2.48 bits per heavy atom. The van der Waals surface area contributed by atoms with Gasteiger partial charge < -0.3 is 19.3 Å². The fraction of sp³-hybridized carbons (Fsp3) is 0.409. The molecular formula is C22H25ClO5S. The summed E-state index contributed by atoms with van der Waals surface area (Å²) < 4.78 is 17.7. The predicted octanol–water partition coefficient (Wildman–Crippen LogP) is 4.31. The summed E-state index contributed by atoms with van der Waals surface area (Å²) in [7, 11) is 0. The molecule has 0 spiro atoms. The van der Waals surface area contributed by atoms with E-state index in [1.54, 1.807) is 55.1 Å². The molecule has 1 heterocycles. The molecule has 1 N–H and O–H groups in total. The largest absolute Gasteiger partial charge is 0.453 e. The molecule has 0 unspecified atom stereocenters. The first-order valence-corrected chi connectivity index (χ1v) is 11.0. The lowest BCUT2D eigenvalue weighted by molar-refractivity contribution is -0.210. The first kappa shape index (κ1) is 22.1. The van der Waals surface area contributed by atoms with Crippen molar-refractivity contribution in [1.29, 1.82) is 0 Å². The van der Waals surface area contributed by atoms with E-state index in [1.807, 2.05) is 25.1 Å². The molecule has 2 aromatic rings. The number of carbonyl (C=O) groups is 1. The van der Waals surface area contributed by atoms with Gasteiger partial charge in [-0.05, 0) is 42.5 Å². The molecule has 156 valence electrons. The van der Waals surface area contributed by atoms with Crippen molar-refractivity contribution in [2.75, 3.05) is 5.75 Å². The molecule has 1 saturated heterocycles. The molecule has 1 aliphatic rings. The summed E-state index contributed by atoms with van der Waals surface area (Å²) >= 11 is 7.48. The molecule has 5 atom stereocenters. The number of benzene rings is 2. The highest BCUT2D eigenvalue weighted by Gasteiger charge is 2.46. The average Bonchev–Trinajstić information content (AvgIpc) is 2.73. The van der Waals surface area contributed by atoms with E-state index >= 15 is 0 Å². The Morgan fingerprint density at radius 2 is 1.83 bits per heavy atom. The van der Waals surface area contributed by atoms with E-state index in [4.69, 9.17) is 25.8 Å². The molecule has 29 heavy (non-hydrogen) atoms. The zero-order chi connectivity index (χ0) is 20.8. The average molecular weight is 437 g/mol. The molecule has 0 amide bonds. The van der Waals surface area contributed by atoms with Crippen LogP contribution < -0.4 is 0 Å². The van der Waals surface area contributed by atoms with Crippen LogP contribution >= 0.6 is 23.4 Å². The quantitative estimate of drug-likeness (QED) is 0.652. The van der Waals surface area contributed by atoms with E-state index in [2.05, 4.69) is 0 Å². The molecule has 0 bridgehead atoms. The number of rotatable bonds is 7. The molecule has 1 fully saturated rings. The van der Waals surface area contributed by atoms with E-state index in [0.29, 0.717) is 10.6 Å². The number of aliphatic hydroxyl groups excluding tert-OH is 1. The Kier molecular flexibility index (Phi) is 7.98. The van der Waals surface area contributed by atoms with Crippen LogP contribution in [0.5, 0.6) is 0 Å². The Balaban J connectivity index is 1.71. The monoisotopic (exact) mass is 436 g/mol. The fourth-order valence-corrected chi connectivity index (χ4v) is 4.31. The fourth-order valence-electron chi connectivity index (χ4n) is 3.17. The van der Waals surface area contributed by atoms with Crippen molar-refractivity contribution in [3.63, 3.8) is 0 Å². The summed E-state index contributed by atoms with van der Waals surface area (Å²) in [6, 6.07) is 16.0. The van der Waals surface area contributed by atoms with E-state index < -0.39 is 30.4 Å². The molecule has 7 heteroatoms. The second-order valence-corrected chi connectivity index (χ2v) is 8.61. The number of hydrogen-bond acceptors (Lipinski definition) is 6. The lowest BCUT2D eigenvalue weighted by Gasteiger charge is -2.42. The second-order valence-electron chi connectivity index (χ2n) is 6.79. The second kappa shape index (κ2) is 10.5. The van der Waals surface area contributed by atoms with Crippen LogP contribution in [0, 0.1) is 0 Å². The lowest BCUT2D eigenvalue weighted by Crippen LogP contribution is -2.58. The number of hydrogen-bond donors (Lipinski definition) is 1. The minimum atomic E-state index is -1.01. The topological polar surface area (TPSA) is 65.0 Å². The summed E-state index contributed by atoms with van der Waals surface area (Å²) in [6.45, 7) is 4.10. The number of aliphatic hydroxyl groups is 1. The molecule has 0 saturated carbocycles. The maximum atomic E-state index is 12.5. The number of halogens is 1. The maximum absolute atomic E-state index is 12.5. The van der Waals surface area contributed by atoms with Crippen LogP contribution in [0.2, 0.25) is 5.02 Å². The van der Waals surface area contributed by atoms with Gasteiger partial charge in [-0.1, -0.05) is 48.9 Å². The Hall–Kier alpha value is -1.57. The normalized spacial score (nSPS) is 26.8. The van der Waals surface area contributed by atoms with E-state index in [-0.39, 0.29) is 12.0 Å². The number of thioether (sulfide) groups is 1. The highest BCUT2D eigenvalue weighted by Crippen LogP contribution is 2.32. The molecule has 5 nitrogen and oxygen atoms in total. The van der Waals surface area contributed by atoms with E-state index in [9.17, 15) is 9.90 Å². The van der Waals surface area contributed by atoms with Crippen molar-refractivity contribution in [1.82, 2.24) is 0 Å². The van der Waals surface area contributed by atoms with Crippen molar-refractivity contribution >= 4 is 29.3 Å². The van der Waals surface area contributed by atoms with Crippen LogP contribution in [0.4, 0.5) is 0 Å². The standard InChI is InChI=1S/C22H25ClO5S/c1-3-29-22-20(26-13-15-9-11-17(23)12-10-15)18(24)19(14(2)27-22)28-21(25)16-7-5-4-6-8-16/h4-12,14,18-20,22,24H,3,13H2,1-2H3/t14-,18+,19+,20-,22+/m0/s1. The SMILES string of the molecule is CCS[C@H]1O[C@@H](C)[C@@H](OC(=O)c2ccccc2)[C@@H](O)[C@@H]1OCc1ccc(Cl)cc1. The first-order valence-electron chi connectivity index (χ1n) is 9.56. The van der Waals surface area contributed by atoms with E-state index in [0.717, 1.165) is 11.3 Å². The lowest BCUT2D eigenvalue weighted by atomic mass is 10.00. The van der Waals surface area contributed by atoms with Gasteiger partial charge in [0.1, 0.15) is 17.6 Å². The van der Waals surface area contributed by atoms with Gasteiger partial charge in [0.25, 0.3) is 0 Å². The molecule has 0 radical (unpaired) electrons. The van der Waals surface area contributed by atoms with Gasteiger partial charge in [0.2, 0.25) is 0 Å². The first-order chi connectivity index (χ1) is 14.0. The van der Waals surface area contributed by atoms with Crippen LogP contribution in [-0.4, -0.2) is 46.7 Å². The Morgan fingerprint density at radius 1 is 1.14 bits per heavy atom. The third-order valence-electron chi connectivity index (χ3n) is 4.69. The molecule has 0 aromatic heterocycles. The van der Waals surface area contributed by atoms with Gasteiger partial charge >= 0.3 is 5.97 Å². The van der Waals surface area contributed by atoms with Gasteiger partial charge in [-0.25, -0.2) is 4.79 Å². The van der Waals surface area contributed by atoms with Gasteiger partial charge in [-0.2, -0.15) is 0 Å². The van der Waals surface area contributed by atoms with Gasteiger partial charge in [0, 0.05) is 5.02 Å². The summed E-state index contributed by atoms with van der Waals surface area (Å²) in [6.07, 6.45) is -2.94. The third-order valence-corrected chi connectivity index (χ3v) is 5.99. The molecule has 2 aromatic carbocycles. The van der Waals surface area contributed by atoms with Crippen LogP contribution in [-0.2, 0) is 20.8 Å². The zero-order valence-corrected chi connectivity index (χ0v) is 17.9. The number of esters is 1. The Labute approximate surface area is 180 Å². The maximum Gasteiger partial charge on any atom is 0.338 e. The van der Waals surface area contributed by atoms with Crippen molar-refractivity contribution in [3.05, 3.63) is 70.7 Å². The van der Waals surface area contributed by atoms with Crippen molar-refractivity contribution < 1.29 is 24.1 Å². The van der Waals surface area contributed by atoms with Gasteiger partial charge in [0.15, 0.2) is 6.10 Å². The highest BCUT2D eigenvalue weighted by atomic mass is 35.5. The van der Waals surface area contributed by atoms with Gasteiger partial charge in [-0.3, -0.25) is 0 Å². The molecule has 1 aliphatic heterocycles. The van der Waals surface area contributed by atoms with Crippen LogP contribution in [0.15, 0.2) is 54.6 Å². The molecular weight excluding hydrogens is 412 g/mol. The number of carbonyl (C=O) groups excluding carboxylic acids is 1. The summed E-state index contributed by atoms with van der Waals surface area (Å²) in [5, 5.41) is 11.6. The minimum Gasteiger partial charge on any atom is -0.453 e. The summed E-state index contributed by atoms with van der Waals surface area (Å²) in [5.41, 5.74) is 0.998. The minimum absolute atomic E-state index is 0.288. The smallest absolute Gasteiger partial charge is 0.338 e. The number of ether oxygens (including phenoxy) is 3. The third kappa shape index (κ3) is 5.74.